The van der Waals surface area contributed by atoms with Gasteiger partial charge in [-0.2, -0.15) is 16.4 Å². The first-order valence-corrected chi connectivity index (χ1v) is 10.7. The van der Waals surface area contributed by atoms with E-state index < -0.39 is 0 Å². The highest BCUT2D eigenvalue weighted by atomic mass is 32.1. The highest BCUT2D eigenvalue weighted by Crippen LogP contribution is 2.33. The summed E-state index contributed by atoms with van der Waals surface area (Å²) in [5.74, 6) is 0.705. The van der Waals surface area contributed by atoms with Gasteiger partial charge >= 0.3 is 0 Å². The fraction of sp³-hybridized carbons (Fsp3) is 0.0435. The molecule has 5 aromatic heterocycles. The number of nitrogens with one attached hydrogen (secondary N) is 2. The second kappa shape index (κ2) is 7.12. The molecule has 0 aliphatic carbocycles. The standard InChI is InChI=1S/C23H17N7S/c24-7-13-5-16(9-25-8-13)14-1-2-19-17(6-14)22(30-29-19)23-27-20-11-26-10-18(21(20)28-23)15-3-4-31-12-15/h1-6,8-12H,7,24H2,(H,27,28)(H,29,30). The molecule has 0 radical (unpaired) electrons. The zero-order valence-electron chi connectivity index (χ0n) is 16.3. The third-order valence-electron chi connectivity index (χ3n) is 5.38. The summed E-state index contributed by atoms with van der Waals surface area (Å²) in [7, 11) is 0. The van der Waals surface area contributed by atoms with Gasteiger partial charge in [0.1, 0.15) is 11.2 Å². The number of nitrogens with two attached hydrogens (primary N) is 1. The summed E-state index contributed by atoms with van der Waals surface area (Å²) in [6.07, 6.45) is 7.29. The number of imidazole rings is 1. The Bertz CT molecular complexity index is 1530. The van der Waals surface area contributed by atoms with E-state index in [9.17, 15) is 0 Å². The summed E-state index contributed by atoms with van der Waals surface area (Å²) < 4.78 is 0. The predicted octanol–water partition coefficient (Wildman–Crippen LogP) is 4.75. The van der Waals surface area contributed by atoms with Crippen molar-refractivity contribution in [2.24, 2.45) is 5.73 Å². The van der Waals surface area contributed by atoms with E-state index in [4.69, 9.17) is 10.7 Å². The van der Waals surface area contributed by atoms with E-state index in [0.717, 1.165) is 55.4 Å². The van der Waals surface area contributed by atoms with Crippen molar-refractivity contribution in [3.63, 3.8) is 0 Å². The van der Waals surface area contributed by atoms with Crippen LogP contribution < -0.4 is 5.73 Å². The summed E-state index contributed by atoms with van der Waals surface area (Å²) in [5, 5.41) is 12.8. The van der Waals surface area contributed by atoms with Gasteiger partial charge in [0.25, 0.3) is 0 Å². The predicted molar refractivity (Wildman–Crippen MR) is 123 cm³/mol. The molecule has 6 aromatic rings. The zero-order valence-corrected chi connectivity index (χ0v) is 17.1. The normalized spacial score (nSPS) is 11.5. The third kappa shape index (κ3) is 3.00. The molecule has 5 heterocycles. The number of pyridine rings is 2. The lowest BCUT2D eigenvalue weighted by Gasteiger charge is -2.04. The van der Waals surface area contributed by atoms with Gasteiger partial charge in [-0.25, -0.2) is 4.98 Å². The van der Waals surface area contributed by atoms with Crippen LogP contribution in [0.3, 0.4) is 0 Å². The van der Waals surface area contributed by atoms with Crippen molar-refractivity contribution in [1.82, 2.24) is 30.1 Å². The van der Waals surface area contributed by atoms with E-state index in [1.165, 1.54) is 0 Å². The lowest BCUT2D eigenvalue weighted by Crippen LogP contribution is -1.97. The molecule has 4 N–H and O–H groups in total. The maximum absolute atomic E-state index is 5.78. The number of aromatic nitrogens is 6. The number of aromatic amines is 2. The lowest BCUT2D eigenvalue weighted by atomic mass is 10.0. The molecule has 31 heavy (non-hydrogen) atoms. The highest BCUT2D eigenvalue weighted by molar-refractivity contribution is 7.08. The van der Waals surface area contributed by atoms with E-state index in [2.05, 4.69) is 60.2 Å². The Labute approximate surface area is 181 Å². The monoisotopic (exact) mass is 423 g/mol. The number of thiophene rings is 1. The average Bonchev–Trinajstić information content (AvgIpc) is 3.57. The molecule has 0 atom stereocenters. The molecule has 0 fully saturated rings. The van der Waals surface area contributed by atoms with Crippen molar-refractivity contribution in [2.45, 2.75) is 6.54 Å². The van der Waals surface area contributed by atoms with Crippen molar-refractivity contribution in [3.05, 3.63) is 71.4 Å². The second-order valence-electron chi connectivity index (χ2n) is 7.30. The molecule has 6 rings (SSSR count). The van der Waals surface area contributed by atoms with Crippen molar-refractivity contribution in [3.8, 4) is 33.8 Å². The molecule has 0 amide bonds. The Balaban J connectivity index is 1.50. The van der Waals surface area contributed by atoms with Gasteiger partial charge in [-0.3, -0.25) is 15.1 Å². The smallest absolute Gasteiger partial charge is 0.159 e. The second-order valence-corrected chi connectivity index (χ2v) is 8.08. The molecule has 0 saturated heterocycles. The van der Waals surface area contributed by atoms with E-state index in [-0.39, 0.29) is 0 Å². The summed E-state index contributed by atoms with van der Waals surface area (Å²) in [5.41, 5.74) is 14.4. The number of nitrogens with zero attached hydrogens (tertiary/aromatic N) is 4. The van der Waals surface area contributed by atoms with Crippen molar-refractivity contribution >= 4 is 33.3 Å². The zero-order chi connectivity index (χ0) is 20.8. The lowest BCUT2D eigenvalue weighted by molar-refractivity contribution is 1.05. The topological polar surface area (TPSA) is 109 Å². The molecule has 8 heteroatoms. The van der Waals surface area contributed by atoms with Gasteiger partial charge in [0.2, 0.25) is 0 Å². The molecule has 0 aliphatic heterocycles. The molecular formula is C23H17N7S. The molecular weight excluding hydrogens is 406 g/mol. The molecule has 0 unspecified atom stereocenters. The minimum Gasteiger partial charge on any atom is -0.335 e. The van der Waals surface area contributed by atoms with Crippen LogP contribution in [0.25, 0.3) is 55.7 Å². The van der Waals surface area contributed by atoms with Crippen LogP contribution in [0.2, 0.25) is 0 Å². The van der Waals surface area contributed by atoms with Crippen molar-refractivity contribution in [2.75, 3.05) is 0 Å². The van der Waals surface area contributed by atoms with Crippen LogP contribution in [0.5, 0.6) is 0 Å². The summed E-state index contributed by atoms with van der Waals surface area (Å²) in [6, 6.07) is 10.3. The highest BCUT2D eigenvalue weighted by Gasteiger charge is 2.16. The third-order valence-corrected chi connectivity index (χ3v) is 6.06. The molecule has 1 aromatic carbocycles. The first-order chi connectivity index (χ1) is 15.3. The van der Waals surface area contributed by atoms with Crippen LogP contribution in [0.4, 0.5) is 0 Å². The van der Waals surface area contributed by atoms with Crippen LogP contribution in [0.15, 0.2) is 65.9 Å². The number of rotatable bonds is 4. The first kappa shape index (κ1) is 17.9. The van der Waals surface area contributed by atoms with E-state index in [1.807, 2.05) is 18.5 Å². The summed E-state index contributed by atoms with van der Waals surface area (Å²) in [6.45, 7) is 0.458. The number of hydrogen-bond acceptors (Lipinski definition) is 6. The number of fused-ring (bicyclic) bond motifs is 2. The number of hydrogen-bond donors (Lipinski definition) is 3. The molecule has 0 aliphatic rings. The first-order valence-electron chi connectivity index (χ1n) is 9.79. The van der Waals surface area contributed by atoms with E-state index >= 15 is 0 Å². The van der Waals surface area contributed by atoms with Crippen molar-refractivity contribution < 1.29 is 0 Å². The van der Waals surface area contributed by atoms with Gasteiger partial charge in [0.15, 0.2) is 5.82 Å². The molecule has 0 saturated carbocycles. The SMILES string of the molecule is NCc1cncc(-c2ccc3[nH]nc(-c4nc5c(-c6ccsc6)cncc5[nH]4)c3c2)c1. The van der Waals surface area contributed by atoms with Gasteiger partial charge in [-0.1, -0.05) is 6.07 Å². The summed E-state index contributed by atoms with van der Waals surface area (Å²) in [4.78, 5) is 17.0. The van der Waals surface area contributed by atoms with Gasteiger partial charge in [-0.05, 0) is 51.7 Å². The van der Waals surface area contributed by atoms with Gasteiger partial charge < -0.3 is 10.7 Å². The average molecular weight is 424 g/mol. The van der Waals surface area contributed by atoms with Crippen molar-refractivity contribution in [1.29, 1.82) is 0 Å². The number of H-pyrrole nitrogens is 2. The fourth-order valence-electron chi connectivity index (χ4n) is 3.81. The van der Waals surface area contributed by atoms with Crippen LogP contribution >= 0.6 is 11.3 Å². The quantitative estimate of drug-likeness (QED) is 0.379. The Morgan fingerprint density at radius 3 is 2.71 bits per heavy atom. The number of benzene rings is 1. The van der Waals surface area contributed by atoms with Crippen LogP contribution in [0.1, 0.15) is 5.56 Å². The maximum Gasteiger partial charge on any atom is 0.159 e. The molecule has 0 spiro atoms. The Morgan fingerprint density at radius 1 is 0.903 bits per heavy atom. The molecule has 150 valence electrons. The minimum absolute atomic E-state index is 0.458. The van der Waals surface area contributed by atoms with Crippen LogP contribution in [0, 0.1) is 0 Å². The maximum atomic E-state index is 5.78. The fourth-order valence-corrected chi connectivity index (χ4v) is 4.46. The van der Waals surface area contributed by atoms with E-state index in [1.54, 1.807) is 23.7 Å². The van der Waals surface area contributed by atoms with E-state index in [0.29, 0.717) is 12.4 Å². The Hall–Kier alpha value is -3.88. The summed E-state index contributed by atoms with van der Waals surface area (Å²) >= 11 is 1.66. The molecule has 7 nitrogen and oxygen atoms in total. The molecule has 0 bridgehead atoms. The Kier molecular flexibility index (Phi) is 4.12. The largest absolute Gasteiger partial charge is 0.335 e. The van der Waals surface area contributed by atoms with Gasteiger partial charge in [0, 0.05) is 41.6 Å². The Morgan fingerprint density at radius 2 is 1.84 bits per heavy atom. The van der Waals surface area contributed by atoms with Crippen LogP contribution in [-0.2, 0) is 6.54 Å². The van der Waals surface area contributed by atoms with Gasteiger partial charge in [-0.15, -0.1) is 0 Å². The van der Waals surface area contributed by atoms with Crippen LogP contribution in [-0.4, -0.2) is 30.1 Å². The van der Waals surface area contributed by atoms with Gasteiger partial charge in [0.05, 0.1) is 17.2 Å². The minimum atomic E-state index is 0.458.